The lowest BCUT2D eigenvalue weighted by Crippen LogP contribution is -2.52. The SMILES string of the molecule is CN=C(NCCCOCC(C)C)NCCN1CCN(C(=O)C2CCC2)CC1.I. The average molecular weight is 509 g/mol. The molecule has 0 aromatic heterocycles. The largest absolute Gasteiger partial charge is 0.381 e. The van der Waals surface area contributed by atoms with Gasteiger partial charge in [-0.2, -0.15) is 0 Å². The molecule has 2 N–H and O–H groups in total. The molecule has 0 unspecified atom stereocenters. The van der Waals surface area contributed by atoms with E-state index in [0.29, 0.717) is 17.7 Å². The van der Waals surface area contributed by atoms with Gasteiger partial charge in [0.1, 0.15) is 0 Å². The van der Waals surface area contributed by atoms with E-state index in [1.54, 1.807) is 7.05 Å². The van der Waals surface area contributed by atoms with Crippen LogP contribution in [-0.4, -0.2) is 87.7 Å². The Kier molecular flexibility index (Phi) is 13.1. The summed E-state index contributed by atoms with van der Waals surface area (Å²) in [6.45, 7) is 12.3. The Morgan fingerprint density at radius 1 is 1.14 bits per heavy atom. The van der Waals surface area contributed by atoms with Crippen molar-refractivity contribution in [1.29, 1.82) is 0 Å². The van der Waals surface area contributed by atoms with Gasteiger partial charge in [0.05, 0.1) is 0 Å². The highest BCUT2D eigenvalue weighted by Gasteiger charge is 2.30. The van der Waals surface area contributed by atoms with Crippen LogP contribution in [0.4, 0.5) is 0 Å². The first-order valence-corrected chi connectivity index (χ1v) is 10.6. The first-order valence-electron chi connectivity index (χ1n) is 10.6. The van der Waals surface area contributed by atoms with Gasteiger partial charge >= 0.3 is 0 Å². The van der Waals surface area contributed by atoms with Gasteiger partial charge < -0.3 is 20.3 Å². The lowest BCUT2D eigenvalue weighted by atomic mass is 9.84. The number of halogens is 1. The van der Waals surface area contributed by atoms with E-state index in [1.807, 2.05) is 0 Å². The maximum Gasteiger partial charge on any atom is 0.225 e. The van der Waals surface area contributed by atoms with Crippen molar-refractivity contribution in [3.63, 3.8) is 0 Å². The number of hydrogen-bond donors (Lipinski definition) is 2. The maximum atomic E-state index is 12.3. The third kappa shape index (κ3) is 9.26. The first-order chi connectivity index (χ1) is 13.1. The van der Waals surface area contributed by atoms with Crippen molar-refractivity contribution in [2.24, 2.45) is 16.8 Å². The van der Waals surface area contributed by atoms with E-state index in [4.69, 9.17) is 4.74 Å². The minimum Gasteiger partial charge on any atom is -0.381 e. The van der Waals surface area contributed by atoms with Crippen LogP contribution in [0.3, 0.4) is 0 Å². The number of hydrogen-bond acceptors (Lipinski definition) is 4. The van der Waals surface area contributed by atoms with Gasteiger partial charge in [-0.15, -0.1) is 24.0 Å². The van der Waals surface area contributed by atoms with Gasteiger partial charge in [0.15, 0.2) is 5.96 Å². The lowest BCUT2D eigenvalue weighted by molar-refractivity contribution is -0.139. The molecule has 1 aliphatic carbocycles. The summed E-state index contributed by atoms with van der Waals surface area (Å²) in [4.78, 5) is 21.0. The second-order valence-corrected chi connectivity index (χ2v) is 8.04. The van der Waals surface area contributed by atoms with Crippen LogP contribution in [0.1, 0.15) is 39.5 Å². The first kappa shape index (κ1) is 25.4. The Balaban J connectivity index is 0.00000392. The molecule has 2 rings (SSSR count). The number of amides is 1. The third-order valence-corrected chi connectivity index (χ3v) is 5.29. The molecule has 2 aliphatic rings. The molecule has 1 heterocycles. The molecule has 1 aliphatic heterocycles. The Bertz CT molecular complexity index is 464. The normalized spacial score (nSPS) is 18.6. The third-order valence-electron chi connectivity index (χ3n) is 5.29. The highest BCUT2D eigenvalue weighted by atomic mass is 127. The van der Waals surface area contributed by atoms with Crippen LogP contribution in [0.2, 0.25) is 0 Å². The summed E-state index contributed by atoms with van der Waals surface area (Å²) in [6.07, 6.45) is 4.39. The lowest BCUT2D eigenvalue weighted by Gasteiger charge is -2.38. The van der Waals surface area contributed by atoms with E-state index in [2.05, 4.69) is 39.3 Å². The van der Waals surface area contributed by atoms with Gasteiger partial charge in [0, 0.05) is 72.0 Å². The fraction of sp³-hybridized carbons (Fsp3) is 0.900. The number of aliphatic imine (C=N–C) groups is 1. The van der Waals surface area contributed by atoms with Crippen LogP contribution in [-0.2, 0) is 9.53 Å². The van der Waals surface area contributed by atoms with E-state index in [-0.39, 0.29) is 24.0 Å². The van der Waals surface area contributed by atoms with Gasteiger partial charge in [-0.3, -0.25) is 14.7 Å². The Labute approximate surface area is 188 Å². The van der Waals surface area contributed by atoms with Gasteiger partial charge in [-0.25, -0.2) is 0 Å². The molecular formula is C20H40IN5O2. The fourth-order valence-electron chi connectivity index (χ4n) is 3.36. The zero-order valence-corrected chi connectivity index (χ0v) is 20.2. The summed E-state index contributed by atoms with van der Waals surface area (Å²) >= 11 is 0. The van der Waals surface area contributed by atoms with E-state index < -0.39 is 0 Å². The van der Waals surface area contributed by atoms with Crippen molar-refractivity contribution < 1.29 is 9.53 Å². The van der Waals surface area contributed by atoms with E-state index in [0.717, 1.165) is 84.2 Å². The highest BCUT2D eigenvalue weighted by Crippen LogP contribution is 2.28. The zero-order chi connectivity index (χ0) is 19.5. The standard InChI is InChI=1S/C20H39N5O2.HI/c1-17(2)16-27-15-5-8-22-20(21-3)23-9-10-24-11-13-25(14-12-24)19(26)18-6-4-7-18;/h17-18H,4-16H2,1-3H3,(H2,21,22,23);1H. The zero-order valence-electron chi connectivity index (χ0n) is 17.9. The van der Waals surface area contributed by atoms with Crippen molar-refractivity contribution in [2.75, 3.05) is 66.1 Å². The van der Waals surface area contributed by atoms with Gasteiger partial charge in [0.2, 0.25) is 5.91 Å². The smallest absolute Gasteiger partial charge is 0.225 e. The predicted octanol–water partition coefficient (Wildman–Crippen LogP) is 1.78. The summed E-state index contributed by atoms with van der Waals surface area (Å²) in [6, 6.07) is 0. The molecule has 7 nitrogen and oxygen atoms in total. The van der Waals surface area contributed by atoms with Crippen molar-refractivity contribution in [1.82, 2.24) is 20.4 Å². The summed E-state index contributed by atoms with van der Waals surface area (Å²) in [5, 5.41) is 6.70. The van der Waals surface area contributed by atoms with E-state index in [9.17, 15) is 4.79 Å². The van der Waals surface area contributed by atoms with Gasteiger partial charge in [0.25, 0.3) is 0 Å². The molecule has 8 heteroatoms. The van der Waals surface area contributed by atoms with Crippen molar-refractivity contribution in [3.05, 3.63) is 0 Å². The van der Waals surface area contributed by atoms with Gasteiger partial charge in [-0.1, -0.05) is 20.3 Å². The monoisotopic (exact) mass is 509 g/mol. The van der Waals surface area contributed by atoms with Gasteiger partial charge in [-0.05, 0) is 25.2 Å². The Hall–Kier alpha value is -0.610. The number of carbonyl (C=O) groups is 1. The summed E-state index contributed by atoms with van der Waals surface area (Å²) < 4.78 is 5.59. The number of nitrogens with zero attached hydrogens (tertiary/aromatic N) is 3. The summed E-state index contributed by atoms with van der Waals surface area (Å²) in [5.74, 6) is 2.15. The van der Waals surface area contributed by atoms with Crippen LogP contribution >= 0.6 is 24.0 Å². The predicted molar refractivity (Wildman–Crippen MR) is 125 cm³/mol. The average Bonchev–Trinajstić information content (AvgIpc) is 2.61. The molecule has 0 aromatic carbocycles. The molecule has 28 heavy (non-hydrogen) atoms. The number of ether oxygens (including phenoxy) is 1. The van der Waals surface area contributed by atoms with Crippen LogP contribution in [0.15, 0.2) is 4.99 Å². The van der Waals surface area contributed by atoms with Crippen LogP contribution in [0, 0.1) is 11.8 Å². The van der Waals surface area contributed by atoms with Crippen LogP contribution < -0.4 is 10.6 Å². The minimum absolute atomic E-state index is 0. The maximum absolute atomic E-state index is 12.3. The number of guanidine groups is 1. The van der Waals surface area contributed by atoms with Crippen molar-refractivity contribution in [3.8, 4) is 0 Å². The highest BCUT2D eigenvalue weighted by molar-refractivity contribution is 14.0. The summed E-state index contributed by atoms with van der Waals surface area (Å²) in [5.41, 5.74) is 0. The molecule has 0 radical (unpaired) electrons. The molecule has 1 saturated carbocycles. The van der Waals surface area contributed by atoms with Crippen molar-refractivity contribution in [2.45, 2.75) is 39.5 Å². The second kappa shape index (κ2) is 14.4. The minimum atomic E-state index is 0. The molecule has 0 atom stereocenters. The number of rotatable bonds is 10. The quantitative estimate of drug-likeness (QED) is 0.204. The molecule has 1 amide bonds. The number of carbonyl (C=O) groups excluding carboxylic acids is 1. The second-order valence-electron chi connectivity index (χ2n) is 8.04. The molecule has 0 spiro atoms. The number of nitrogens with one attached hydrogen (secondary N) is 2. The van der Waals surface area contributed by atoms with Crippen LogP contribution in [0.25, 0.3) is 0 Å². The van der Waals surface area contributed by atoms with Crippen molar-refractivity contribution >= 4 is 35.8 Å². The van der Waals surface area contributed by atoms with E-state index >= 15 is 0 Å². The number of piperazine rings is 1. The van der Waals surface area contributed by atoms with E-state index in [1.165, 1.54) is 6.42 Å². The van der Waals surface area contributed by atoms with Crippen LogP contribution in [0.5, 0.6) is 0 Å². The fourth-order valence-corrected chi connectivity index (χ4v) is 3.36. The topological polar surface area (TPSA) is 69.2 Å². The Morgan fingerprint density at radius 2 is 1.82 bits per heavy atom. The summed E-state index contributed by atoms with van der Waals surface area (Å²) in [7, 11) is 1.80. The molecule has 1 saturated heterocycles. The molecule has 0 bridgehead atoms. The molecule has 2 fully saturated rings. The molecule has 164 valence electrons. The molecule has 0 aromatic rings. The molecular weight excluding hydrogens is 469 g/mol. The Morgan fingerprint density at radius 3 is 2.39 bits per heavy atom.